The third-order valence-corrected chi connectivity index (χ3v) is 5.67. The fraction of sp³-hybridized carbons (Fsp3) is 0.600. The molecule has 0 saturated carbocycles. The first kappa shape index (κ1) is 17.5. The van der Waals surface area contributed by atoms with Crippen LogP contribution in [0.25, 0.3) is 0 Å². The average Bonchev–Trinajstić information content (AvgIpc) is 2.62. The van der Waals surface area contributed by atoms with E-state index < -0.39 is 9.84 Å². The van der Waals surface area contributed by atoms with Crippen molar-refractivity contribution in [1.29, 1.82) is 0 Å². The number of rotatable bonds is 3. The number of hydrogen-bond donors (Lipinski definition) is 1. The Morgan fingerprint density at radius 3 is 2.91 bits per heavy atom. The van der Waals surface area contributed by atoms with E-state index in [0.717, 1.165) is 11.4 Å². The molecule has 128 valence electrons. The molecule has 1 aliphatic heterocycles. The zero-order chi connectivity index (χ0) is 17.0. The van der Waals surface area contributed by atoms with Crippen LogP contribution in [-0.4, -0.2) is 63.0 Å². The molecule has 2 amide bonds. The highest BCUT2D eigenvalue weighted by Gasteiger charge is 2.26. The van der Waals surface area contributed by atoms with Gasteiger partial charge in [-0.05, 0) is 18.1 Å². The van der Waals surface area contributed by atoms with Gasteiger partial charge in [0.05, 0.1) is 29.4 Å². The summed E-state index contributed by atoms with van der Waals surface area (Å²) in [5.74, 6) is 0.111. The Balaban J connectivity index is 2.00. The summed E-state index contributed by atoms with van der Waals surface area (Å²) in [6, 6.07) is 3.54. The van der Waals surface area contributed by atoms with Crippen LogP contribution in [0.4, 0.5) is 10.5 Å². The summed E-state index contributed by atoms with van der Waals surface area (Å²) >= 11 is 0. The van der Waals surface area contributed by atoms with Crippen molar-refractivity contribution < 1.29 is 13.2 Å². The zero-order valence-corrected chi connectivity index (χ0v) is 14.6. The van der Waals surface area contributed by atoms with E-state index in [-0.39, 0.29) is 30.0 Å². The Morgan fingerprint density at radius 1 is 1.48 bits per heavy atom. The van der Waals surface area contributed by atoms with E-state index in [1.54, 1.807) is 11.1 Å². The monoisotopic (exact) mass is 340 g/mol. The minimum Gasteiger partial charge on any atom is -0.376 e. The Labute approximate surface area is 137 Å². The molecular formula is C15H24N4O3S. The van der Waals surface area contributed by atoms with Gasteiger partial charge in [-0.1, -0.05) is 6.92 Å². The second-order valence-corrected chi connectivity index (χ2v) is 8.42. The predicted octanol–water partition coefficient (Wildman–Crippen LogP) is 0.724. The third kappa shape index (κ3) is 4.82. The number of anilines is 1. The fourth-order valence-electron chi connectivity index (χ4n) is 2.71. The van der Waals surface area contributed by atoms with Gasteiger partial charge in [0, 0.05) is 33.4 Å². The van der Waals surface area contributed by atoms with Gasteiger partial charge in [-0.3, -0.25) is 4.98 Å². The third-order valence-electron chi connectivity index (χ3n) is 3.79. The minimum atomic E-state index is -3.06. The van der Waals surface area contributed by atoms with E-state index in [1.165, 1.54) is 0 Å². The lowest BCUT2D eigenvalue weighted by Crippen LogP contribution is -2.42. The van der Waals surface area contributed by atoms with E-state index >= 15 is 0 Å². The highest BCUT2D eigenvalue weighted by molar-refractivity contribution is 7.91. The van der Waals surface area contributed by atoms with E-state index in [1.807, 2.05) is 38.1 Å². The van der Waals surface area contributed by atoms with Crippen LogP contribution in [-0.2, 0) is 16.4 Å². The fourth-order valence-corrected chi connectivity index (χ4v) is 4.35. The SMILES string of the molecule is CC1CN(C(=O)NCc2ncccc2N(C)C)CCS(=O)(=O)C1. The van der Waals surface area contributed by atoms with Gasteiger partial charge < -0.3 is 15.1 Å². The largest absolute Gasteiger partial charge is 0.376 e. The van der Waals surface area contributed by atoms with Crippen molar-refractivity contribution in [3.05, 3.63) is 24.0 Å². The number of urea groups is 1. The lowest BCUT2D eigenvalue weighted by molar-refractivity contribution is 0.195. The molecule has 2 heterocycles. The number of hydrogen-bond acceptors (Lipinski definition) is 5. The molecule has 23 heavy (non-hydrogen) atoms. The summed E-state index contributed by atoms with van der Waals surface area (Å²) < 4.78 is 23.5. The predicted molar refractivity (Wildman–Crippen MR) is 90.2 cm³/mol. The molecule has 1 fully saturated rings. The van der Waals surface area contributed by atoms with Crippen LogP contribution in [0.5, 0.6) is 0 Å². The molecular weight excluding hydrogens is 316 g/mol. The smallest absolute Gasteiger partial charge is 0.317 e. The summed E-state index contributed by atoms with van der Waals surface area (Å²) in [5.41, 5.74) is 1.72. The number of nitrogens with one attached hydrogen (secondary N) is 1. The molecule has 1 aromatic rings. The molecule has 8 heteroatoms. The summed E-state index contributed by atoms with van der Waals surface area (Å²) in [5, 5.41) is 2.84. The highest BCUT2D eigenvalue weighted by Crippen LogP contribution is 2.15. The maximum Gasteiger partial charge on any atom is 0.317 e. The molecule has 0 bridgehead atoms. The van der Waals surface area contributed by atoms with Crippen LogP contribution in [0.15, 0.2) is 18.3 Å². The molecule has 2 rings (SSSR count). The lowest BCUT2D eigenvalue weighted by Gasteiger charge is -2.23. The second-order valence-electron chi connectivity index (χ2n) is 6.19. The maximum atomic E-state index is 12.3. The summed E-state index contributed by atoms with van der Waals surface area (Å²) in [7, 11) is 0.780. The standard InChI is InChI=1S/C15H24N4O3S/c1-12-10-19(7-8-23(21,22)11-12)15(20)17-9-13-14(18(2)3)5-4-6-16-13/h4-6,12H,7-11H2,1-3H3,(H,17,20). The van der Waals surface area contributed by atoms with E-state index in [9.17, 15) is 13.2 Å². The van der Waals surface area contributed by atoms with Crippen molar-refractivity contribution in [2.75, 3.05) is 43.6 Å². The van der Waals surface area contributed by atoms with Gasteiger partial charge in [0.25, 0.3) is 0 Å². The number of aromatic nitrogens is 1. The van der Waals surface area contributed by atoms with Gasteiger partial charge in [-0.25, -0.2) is 13.2 Å². The molecule has 7 nitrogen and oxygen atoms in total. The Hall–Kier alpha value is -1.83. The van der Waals surface area contributed by atoms with Crippen molar-refractivity contribution in [1.82, 2.24) is 15.2 Å². The molecule has 0 spiro atoms. The first-order valence-electron chi connectivity index (χ1n) is 7.63. The summed E-state index contributed by atoms with van der Waals surface area (Å²) in [6.45, 7) is 2.85. The summed E-state index contributed by atoms with van der Waals surface area (Å²) in [6.07, 6.45) is 1.69. The van der Waals surface area contributed by atoms with Crippen molar-refractivity contribution in [3.63, 3.8) is 0 Å². The van der Waals surface area contributed by atoms with Crippen molar-refractivity contribution in [2.45, 2.75) is 13.5 Å². The van der Waals surface area contributed by atoms with Crippen molar-refractivity contribution >= 4 is 21.6 Å². The van der Waals surface area contributed by atoms with E-state index in [0.29, 0.717) is 13.1 Å². The van der Waals surface area contributed by atoms with Gasteiger partial charge in [-0.2, -0.15) is 0 Å². The quantitative estimate of drug-likeness (QED) is 0.877. The van der Waals surface area contributed by atoms with Crippen LogP contribution in [0.2, 0.25) is 0 Å². The normalized spacial score (nSPS) is 20.7. The highest BCUT2D eigenvalue weighted by atomic mass is 32.2. The maximum absolute atomic E-state index is 12.3. The van der Waals surface area contributed by atoms with Crippen LogP contribution < -0.4 is 10.2 Å². The number of carbonyl (C=O) groups excluding carboxylic acids is 1. The van der Waals surface area contributed by atoms with Gasteiger partial charge in [0.1, 0.15) is 0 Å². The van der Waals surface area contributed by atoms with Crippen molar-refractivity contribution in [3.8, 4) is 0 Å². The number of pyridine rings is 1. The van der Waals surface area contributed by atoms with Gasteiger partial charge in [-0.15, -0.1) is 0 Å². The first-order chi connectivity index (χ1) is 10.8. The number of sulfone groups is 1. The Morgan fingerprint density at radius 2 is 2.22 bits per heavy atom. The minimum absolute atomic E-state index is 0.0251. The number of nitrogens with zero attached hydrogens (tertiary/aromatic N) is 3. The van der Waals surface area contributed by atoms with Crippen LogP contribution in [0, 0.1) is 5.92 Å². The van der Waals surface area contributed by atoms with E-state index in [4.69, 9.17) is 0 Å². The summed E-state index contributed by atoms with van der Waals surface area (Å²) in [4.78, 5) is 20.2. The molecule has 0 radical (unpaired) electrons. The molecule has 1 aromatic heterocycles. The Bertz CT molecular complexity index is 660. The van der Waals surface area contributed by atoms with Gasteiger partial charge in [0.2, 0.25) is 0 Å². The Kier molecular flexibility index (Phi) is 5.46. The van der Waals surface area contributed by atoms with E-state index in [2.05, 4.69) is 10.3 Å². The topological polar surface area (TPSA) is 82.6 Å². The average molecular weight is 340 g/mol. The first-order valence-corrected chi connectivity index (χ1v) is 9.45. The van der Waals surface area contributed by atoms with Crippen LogP contribution in [0.3, 0.4) is 0 Å². The molecule has 0 aromatic carbocycles. The van der Waals surface area contributed by atoms with Crippen LogP contribution in [0.1, 0.15) is 12.6 Å². The lowest BCUT2D eigenvalue weighted by atomic mass is 10.2. The molecule has 1 N–H and O–H groups in total. The second kappa shape index (κ2) is 7.16. The van der Waals surface area contributed by atoms with Gasteiger partial charge in [0.15, 0.2) is 9.84 Å². The molecule has 1 aliphatic rings. The van der Waals surface area contributed by atoms with Gasteiger partial charge >= 0.3 is 6.03 Å². The van der Waals surface area contributed by atoms with Crippen LogP contribution >= 0.6 is 0 Å². The molecule has 1 atom stereocenters. The molecule has 0 aliphatic carbocycles. The van der Waals surface area contributed by atoms with Crippen molar-refractivity contribution in [2.24, 2.45) is 5.92 Å². The molecule has 1 saturated heterocycles. The molecule has 1 unspecified atom stereocenters. The number of carbonyl (C=O) groups is 1. The zero-order valence-electron chi connectivity index (χ0n) is 13.8. The number of amides is 2.